The van der Waals surface area contributed by atoms with Crippen molar-refractivity contribution < 1.29 is 4.74 Å². The molecule has 0 saturated carbocycles. The van der Waals surface area contributed by atoms with Gasteiger partial charge in [0.05, 0.1) is 7.11 Å². The Morgan fingerprint density at radius 2 is 2.19 bits per heavy atom. The van der Waals surface area contributed by atoms with E-state index in [-0.39, 0.29) is 6.04 Å². The van der Waals surface area contributed by atoms with Crippen molar-refractivity contribution in [3.8, 4) is 5.75 Å². The quantitative estimate of drug-likeness (QED) is 0.770. The third-order valence-corrected chi connectivity index (χ3v) is 2.53. The van der Waals surface area contributed by atoms with Crippen molar-refractivity contribution in [3.05, 3.63) is 29.3 Å². The second-order valence-electron chi connectivity index (χ2n) is 4.11. The number of benzene rings is 1. The average molecular weight is 222 g/mol. The van der Waals surface area contributed by atoms with Crippen LogP contribution in [0, 0.1) is 0 Å². The van der Waals surface area contributed by atoms with Crippen molar-refractivity contribution >= 4 is 0 Å². The molecule has 1 rings (SSSR count). The Balaban J connectivity index is 2.67. The average Bonchev–Trinajstić information content (AvgIpc) is 2.28. The molecule has 1 aromatic carbocycles. The molecule has 0 radical (unpaired) electrons. The molecule has 0 aliphatic heterocycles. The minimum atomic E-state index is 0.181. The van der Waals surface area contributed by atoms with Gasteiger partial charge in [0.2, 0.25) is 0 Å². The van der Waals surface area contributed by atoms with Crippen LogP contribution in [0.25, 0.3) is 0 Å². The molecule has 0 aliphatic carbocycles. The summed E-state index contributed by atoms with van der Waals surface area (Å²) in [6, 6.07) is 6.50. The van der Waals surface area contributed by atoms with E-state index in [0.29, 0.717) is 0 Å². The van der Waals surface area contributed by atoms with Crippen molar-refractivity contribution in [2.24, 2.45) is 5.73 Å². The second-order valence-corrected chi connectivity index (χ2v) is 4.11. The van der Waals surface area contributed by atoms with E-state index in [4.69, 9.17) is 10.5 Å². The van der Waals surface area contributed by atoms with Crippen LogP contribution in [0.1, 0.15) is 25.0 Å². The van der Waals surface area contributed by atoms with Gasteiger partial charge in [-0.1, -0.05) is 19.1 Å². The number of aryl methyl sites for hydroxylation is 1. The first-order valence-electron chi connectivity index (χ1n) is 5.79. The molecule has 1 unspecified atom stereocenters. The number of ether oxygens (including phenoxy) is 1. The zero-order chi connectivity index (χ0) is 12.0. The highest BCUT2D eigenvalue weighted by Gasteiger charge is 2.04. The Hall–Kier alpha value is -1.06. The highest BCUT2D eigenvalue weighted by Crippen LogP contribution is 2.19. The Morgan fingerprint density at radius 1 is 1.44 bits per heavy atom. The van der Waals surface area contributed by atoms with Gasteiger partial charge in [-0.15, -0.1) is 0 Å². The first kappa shape index (κ1) is 13.0. The summed E-state index contributed by atoms with van der Waals surface area (Å²) >= 11 is 0. The van der Waals surface area contributed by atoms with Gasteiger partial charge in [0.25, 0.3) is 0 Å². The van der Waals surface area contributed by atoms with Gasteiger partial charge in [0, 0.05) is 24.7 Å². The lowest BCUT2D eigenvalue weighted by Crippen LogP contribution is -2.30. The molecule has 0 amide bonds. The lowest BCUT2D eigenvalue weighted by Gasteiger charge is -2.12. The van der Waals surface area contributed by atoms with Crippen LogP contribution in [0.5, 0.6) is 5.75 Å². The predicted octanol–water partition coefficient (Wildman–Crippen LogP) is 1.69. The largest absolute Gasteiger partial charge is 0.496 e. The fourth-order valence-electron chi connectivity index (χ4n) is 1.62. The molecule has 16 heavy (non-hydrogen) atoms. The number of rotatable bonds is 6. The smallest absolute Gasteiger partial charge is 0.123 e. The Morgan fingerprint density at radius 3 is 2.75 bits per heavy atom. The Kier molecular flexibility index (Phi) is 5.29. The van der Waals surface area contributed by atoms with Gasteiger partial charge in [-0.25, -0.2) is 0 Å². The second kappa shape index (κ2) is 6.51. The Bertz CT molecular complexity index is 324. The van der Waals surface area contributed by atoms with E-state index in [1.807, 2.05) is 13.0 Å². The Labute approximate surface area is 98.0 Å². The molecule has 1 aromatic rings. The molecule has 0 bridgehead atoms. The van der Waals surface area contributed by atoms with Gasteiger partial charge >= 0.3 is 0 Å². The van der Waals surface area contributed by atoms with Gasteiger partial charge in [0.15, 0.2) is 0 Å². The monoisotopic (exact) mass is 222 g/mol. The third kappa shape index (κ3) is 3.83. The molecule has 0 heterocycles. The molecule has 0 fully saturated rings. The SMILES string of the molecule is CCc1ccc(OC)c(CNCC(C)N)c1. The molecule has 0 spiro atoms. The number of methoxy groups -OCH3 is 1. The van der Waals surface area contributed by atoms with E-state index in [0.717, 1.165) is 25.3 Å². The summed E-state index contributed by atoms with van der Waals surface area (Å²) in [6.45, 7) is 5.77. The van der Waals surface area contributed by atoms with Gasteiger partial charge in [0.1, 0.15) is 5.75 Å². The highest BCUT2D eigenvalue weighted by molar-refractivity contribution is 5.37. The predicted molar refractivity (Wildman–Crippen MR) is 67.7 cm³/mol. The minimum Gasteiger partial charge on any atom is -0.496 e. The maximum absolute atomic E-state index is 5.69. The zero-order valence-corrected chi connectivity index (χ0v) is 10.4. The van der Waals surface area contributed by atoms with Gasteiger partial charge in [-0.2, -0.15) is 0 Å². The number of nitrogens with one attached hydrogen (secondary N) is 1. The molecule has 3 nitrogen and oxygen atoms in total. The molecule has 0 aliphatic rings. The maximum atomic E-state index is 5.69. The third-order valence-electron chi connectivity index (χ3n) is 2.53. The first-order valence-corrected chi connectivity index (χ1v) is 5.79. The molecule has 3 N–H and O–H groups in total. The van der Waals surface area contributed by atoms with Crippen molar-refractivity contribution in [1.82, 2.24) is 5.32 Å². The topological polar surface area (TPSA) is 47.3 Å². The van der Waals surface area contributed by atoms with Crippen molar-refractivity contribution in [3.63, 3.8) is 0 Å². The summed E-state index contributed by atoms with van der Waals surface area (Å²) in [5.41, 5.74) is 8.22. The molecule has 0 aromatic heterocycles. The zero-order valence-electron chi connectivity index (χ0n) is 10.4. The summed E-state index contributed by atoms with van der Waals surface area (Å²) in [5, 5.41) is 3.32. The van der Waals surface area contributed by atoms with Crippen LogP contribution in [-0.2, 0) is 13.0 Å². The first-order chi connectivity index (χ1) is 7.67. The molecule has 1 atom stereocenters. The van der Waals surface area contributed by atoms with Crippen LogP contribution in [0.15, 0.2) is 18.2 Å². The van der Waals surface area contributed by atoms with Crippen LogP contribution in [0.4, 0.5) is 0 Å². The summed E-state index contributed by atoms with van der Waals surface area (Å²) in [6.07, 6.45) is 1.05. The molecule has 90 valence electrons. The van der Waals surface area contributed by atoms with Crippen molar-refractivity contribution in [2.45, 2.75) is 32.9 Å². The lowest BCUT2D eigenvalue weighted by atomic mass is 10.1. The van der Waals surface area contributed by atoms with Gasteiger partial charge in [-0.05, 0) is 25.0 Å². The van der Waals surface area contributed by atoms with Crippen LogP contribution >= 0.6 is 0 Å². The fourth-order valence-corrected chi connectivity index (χ4v) is 1.62. The normalized spacial score (nSPS) is 12.5. The van der Waals surface area contributed by atoms with E-state index in [1.54, 1.807) is 7.11 Å². The molecule has 0 saturated heterocycles. The van der Waals surface area contributed by atoms with Crippen molar-refractivity contribution in [2.75, 3.05) is 13.7 Å². The number of nitrogens with two attached hydrogens (primary N) is 1. The maximum Gasteiger partial charge on any atom is 0.123 e. The van der Waals surface area contributed by atoms with E-state index in [1.165, 1.54) is 11.1 Å². The van der Waals surface area contributed by atoms with Crippen LogP contribution in [0.3, 0.4) is 0 Å². The fraction of sp³-hybridized carbons (Fsp3) is 0.538. The van der Waals surface area contributed by atoms with Crippen molar-refractivity contribution in [1.29, 1.82) is 0 Å². The van der Waals surface area contributed by atoms with Crippen LogP contribution in [0.2, 0.25) is 0 Å². The van der Waals surface area contributed by atoms with E-state index in [2.05, 4.69) is 24.4 Å². The lowest BCUT2D eigenvalue weighted by molar-refractivity contribution is 0.407. The van der Waals surface area contributed by atoms with Gasteiger partial charge < -0.3 is 15.8 Å². The molecular weight excluding hydrogens is 200 g/mol. The molecule has 3 heteroatoms. The number of hydrogen-bond acceptors (Lipinski definition) is 3. The summed E-state index contributed by atoms with van der Waals surface area (Å²) in [4.78, 5) is 0. The van der Waals surface area contributed by atoms with E-state index in [9.17, 15) is 0 Å². The minimum absolute atomic E-state index is 0.181. The highest BCUT2D eigenvalue weighted by atomic mass is 16.5. The van der Waals surface area contributed by atoms with E-state index >= 15 is 0 Å². The van der Waals surface area contributed by atoms with E-state index < -0.39 is 0 Å². The molecular formula is C13H22N2O. The standard InChI is InChI=1S/C13H22N2O/c1-4-11-5-6-13(16-3)12(7-11)9-15-8-10(2)14/h5-7,10,15H,4,8-9,14H2,1-3H3. The van der Waals surface area contributed by atoms with Crippen LogP contribution < -0.4 is 15.8 Å². The summed E-state index contributed by atoms with van der Waals surface area (Å²) in [7, 11) is 1.70. The summed E-state index contributed by atoms with van der Waals surface area (Å²) in [5.74, 6) is 0.939. The van der Waals surface area contributed by atoms with Gasteiger partial charge in [-0.3, -0.25) is 0 Å². The summed E-state index contributed by atoms with van der Waals surface area (Å²) < 4.78 is 5.33. The van der Waals surface area contributed by atoms with Crippen LogP contribution in [-0.4, -0.2) is 19.7 Å². The number of hydrogen-bond donors (Lipinski definition) is 2.